The van der Waals surface area contributed by atoms with Crippen molar-refractivity contribution < 1.29 is 32.9 Å². The standard InChI is InChI=1S/C33H30FNO6/c1-38-23-16-15-22(31(18-23)39-2)19-40-32(36)30(17-21-9-3-8-14-29(21)34)35-33(37)41-20-28-26-12-6-4-10-24(26)25-11-5-7-13-27(25)28/h3-16,18,28,30H,17,19-20H2,1-2H3,(H,35,37)/t30-/m0/s1. The van der Waals surface area contributed by atoms with E-state index in [2.05, 4.69) is 5.32 Å². The molecule has 0 spiro atoms. The van der Waals surface area contributed by atoms with E-state index in [4.69, 9.17) is 18.9 Å². The molecule has 0 fully saturated rings. The summed E-state index contributed by atoms with van der Waals surface area (Å²) in [6.45, 7) is -0.0451. The number of amides is 1. The molecule has 5 rings (SSSR count). The Morgan fingerprint density at radius 1 is 0.805 bits per heavy atom. The van der Waals surface area contributed by atoms with Gasteiger partial charge in [-0.05, 0) is 46.0 Å². The predicted molar refractivity (Wildman–Crippen MR) is 151 cm³/mol. The zero-order valence-electron chi connectivity index (χ0n) is 22.8. The third kappa shape index (κ3) is 6.17. The summed E-state index contributed by atoms with van der Waals surface area (Å²) in [5.74, 6) is -0.303. The Bertz CT molecular complexity index is 1510. The quantitative estimate of drug-likeness (QED) is 0.241. The Morgan fingerprint density at radius 3 is 2.12 bits per heavy atom. The van der Waals surface area contributed by atoms with Crippen molar-refractivity contribution in [1.82, 2.24) is 5.32 Å². The maximum absolute atomic E-state index is 14.5. The van der Waals surface area contributed by atoms with E-state index in [0.29, 0.717) is 17.1 Å². The van der Waals surface area contributed by atoms with Gasteiger partial charge in [-0.1, -0.05) is 66.7 Å². The van der Waals surface area contributed by atoms with Gasteiger partial charge in [0.2, 0.25) is 0 Å². The number of esters is 1. The molecule has 1 aliphatic rings. The van der Waals surface area contributed by atoms with Gasteiger partial charge in [0.05, 0.1) is 14.2 Å². The van der Waals surface area contributed by atoms with E-state index < -0.39 is 23.9 Å². The fraction of sp³-hybridized carbons (Fsp3) is 0.212. The second kappa shape index (κ2) is 12.6. The van der Waals surface area contributed by atoms with Crippen LogP contribution in [0.4, 0.5) is 9.18 Å². The highest BCUT2D eigenvalue weighted by molar-refractivity contribution is 5.82. The maximum atomic E-state index is 14.5. The van der Waals surface area contributed by atoms with E-state index >= 15 is 0 Å². The van der Waals surface area contributed by atoms with Crippen LogP contribution >= 0.6 is 0 Å². The zero-order valence-corrected chi connectivity index (χ0v) is 22.8. The molecule has 7 nitrogen and oxygen atoms in total. The van der Waals surface area contributed by atoms with Crippen LogP contribution in [0.3, 0.4) is 0 Å². The third-order valence-corrected chi connectivity index (χ3v) is 7.17. The van der Waals surface area contributed by atoms with Gasteiger partial charge < -0.3 is 24.3 Å². The molecule has 0 radical (unpaired) electrons. The fourth-order valence-corrected chi connectivity index (χ4v) is 5.08. The first-order valence-electron chi connectivity index (χ1n) is 13.2. The van der Waals surface area contributed by atoms with Crippen LogP contribution in [0.5, 0.6) is 11.5 Å². The van der Waals surface area contributed by atoms with E-state index in [1.54, 1.807) is 36.4 Å². The number of methoxy groups -OCH3 is 2. The average molecular weight is 556 g/mol. The SMILES string of the molecule is COc1ccc(COC(=O)[C@H](Cc2ccccc2F)NC(=O)OCC2c3ccccc3-c3ccccc32)c(OC)c1. The highest BCUT2D eigenvalue weighted by atomic mass is 19.1. The minimum atomic E-state index is -1.19. The van der Waals surface area contributed by atoms with Crippen LogP contribution in [0.15, 0.2) is 91.0 Å². The normalized spacial score (nSPS) is 12.6. The maximum Gasteiger partial charge on any atom is 0.407 e. The number of carbonyl (C=O) groups excluding carboxylic acids is 2. The van der Waals surface area contributed by atoms with Gasteiger partial charge in [0, 0.05) is 24.0 Å². The van der Waals surface area contributed by atoms with Crippen molar-refractivity contribution >= 4 is 12.1 Å². The Morgan fingerprint density at radius 2 is 1.46 bits per heavy atom. The first-order chi connectivity index (χ1) is 20.0. The van der Waals surface area contributed by atoms with Crippen molar-refractivity contribution in [3.8, 4) is 22.6 Å². The number of hydrogen-bond donors (Lipinski definition) is 1. The van der Waals surface area contributed by atoms with E-state index in [-0.39, 0.29) is 31.1 Å². The van der Waals surface area contributed by atoms with Crippen molar-refractivity contribution in [2.45, 2.75) is 25.0 Å². The van der Waals surface area contributed by atoms with Gasteiger partial charge in [-0.2, -0.15) is 0 Å². The van der Waals surface area contributed by atoms with Gasteiger partial charge >= 0.3 is 12.1 Å². The Labute approximate surface area is 237 Å². The predicted octanol–water partition coefficient (Wildman–Crippen LogP) is 6.04. The number of alkyl carbamates (subject to hydrolysis) is 1. The van der Waals surface area contributed by atoms with Crippen LogP contribution < -0.4 is 14.8 Å². The monoisotopic (exact) mass is 555 g/mol. The van der Waals surface area contributed by atoms with E-state index in [0.717, 1.165) is 22.3 Å². The lowest BCUT2D eigenvalue weighted by Gasteiger charge is -2.20. The molecule has 41 heavy (non-hydrogen) atoms. The minimum absolute atomic E-state index is 0.0738. The Hall–Kier alpha value is -4.85. The number of nitrogens with one attached hydrogen (secondary N) is 1. The molecule has 8 heteroatoms. The summed E-state index contributed by atoms with van der Waals surface area (Å²) in [6, 6.07) is 26.0. The van der Waals surface area contributed by atoms with Gasteiger partial charge in [-0.3, -0.25) is 0 Å². The second-order valence-corrected chi connectivity index (χ2v) is 9.60. The summed E-state index contributed by atoms with van der Waals surface area (Å²) in [6.07, 6.45) is -0.915. The van der Waals surface area contributed by atoms with Gasteiger partial charge in [0.25, 0.3) is 0 Å². The summed E-state index contributed by atoms with van der Waals surface area (Å²) in [4.78, 5) is 26.2. The number of benzene rings is 4. The van der Waals surface area contributed by atoms with Gasteiger partial charge in [-0.25, -0.2) is 14.0 Å². The molecule has 0 saturated carbocycles. The molecular weight excluding hydrogens is 525 g/mol. The smallest absolute Gasteiger partial charge is 0.407 e. The van der Waals surface area contributed by atoms with Gasteiger partial charge in [0.15, 0.2) is 0 Å². The lowest BCUT2D eigenvalue weighted by Crippen LogP contribution is -2.44. The van der Waals surface area contributed by atoms with Crippen molar-refractivity contribution in [2.24, 2.45) is 0 Å². The molecule has 1 amide bonds. The van der Waals surface area contributed by atoms with Crippen LogP contribution in [0.2, 0.25) is 0 Å². The average Bonchev–Trinajstić information content (AvgIpc) is 3.33. The van der Waals surface area contributed by atoms with Crippen LogP contribution in [0.25, 0.3) is 11.1 Å². The van der Waals surface area contributed by atoms with Gasteiger partial charge in [-0.15, -0.1) is 0 Å². The van der Waals surface area contributed by atoms with Crippen molar-refractivity contribution in [3.63, 3.8) is 0 Å². The minimum Gasteiger partial charge on any atom is -0.497 e. The molecular formula is C33H30FNO6. The number of ether oxygens (including phenoxy) is 4. The summed E-state index contributed by atoms with van der Waals surface area (Å²) < 4.78 is 36.2. The van der Waals surface area contributed by atoms with Crippen LogP contribution in [-0.4, -0.2) is 38.9 Å². The first-order valence-corrected chi connectivity index (χ1v) is 13.2. The molecule has 210 valence electrons. The topological polar surface area (TPSA) is 83.1 Å². The molecule has 0 saturated heterocycles. The summed E-state index contributed by atoms with van der Waals surface area (Å²) in [7, 11) is 3.04. The molecule has 1 N–H and O–H groups in total. The molecule has 0 unspecified atom stereocenters. The summed E-state index contributed by atoms with van der Waals surface area (Å²) >= 11 is 0. The Balaban J connectivity index is 1.29. The molecule has 0 aromatic heterocycles. The molecule has 4 aromatic carbocycles. The van der Waals surface area contributed by atoms with Crippen LogP contribution in [0.1, 0.15) is 28.2 Å². The highest BCUT2D eigenvalue weighted by Gasteiger charge is 2.30. The first kappa shape index (κ1) is 27.7. The third-order valence-electron chi connectivity index (χ3n) is 7.17. The van der Waals surface area contributed by atoms with Crippen molar-refractivity contribution in [3.05, 3.63) is 119 Å². The van der Waals surface area contributed by atoms with Crippen LogP contribution in [-0.2, 0) is 27.3 Å². The summed E-state index contributed by atoms with van der Waals surface area (Å²) in [5.41, 5.74) is 5.21. The number of rotatable bonds is 10. The van der Waals surface area contributed by atoms with Gasteiger partial charge in [0.1, 0.15) is 36.6 Å². The molecule has 0 aliphatic heterocycles. The zero-order chi connectivity index (χ0) is 28.8. The number of halogens is 1. The number of hydrogen-bond acceptors (Lipinski definition) is 6. The lowest BCUT2D eigenvalue weighted by molar-refractivity contribution is -0.147. The summed E-state index contributed by atoms with van der Waals surface area (Å²) in [5, 5.41) is 2.59. The van der Waals surface area contributed by atoms with Crippen molar-refractivity contribution in [2.75, 3.05) is 20.8 Å². The van der Waals surface area contributed by atoms with E-state index in [1.165, 1.54) is 20.3 Å². The van der Waals surface area contributed by atoms with E-state index in [9.17, 15) is 14.0 Å². The van der Waals surface area contributed by atoms with Crippen molar-refractivity contribution in [1.29, 1.82) is 0 Å². The Kier molecular flexibility index (Phi) is 8.48. The number of fused-ring (bicyclic) bond motifs is 3. The van der Waals surface area contributed by atoms with Crippen LogP contribution in [0, 0.1) is 5.82 Å². The molecule has 1 aliphatic carbocycles. The fourth-order valence-electron chi connectivity index (χ4n) is 5.08. The second-order valence-electron chi connectivity index (χ2n) is 9.60. The number of carbonyl (C=O) groups is 2. The largest absolute Gasteiger partial charge is 0.497 e. The van der Waals surface area contributed by atoms with E-state index in [1.807, 2.05) is 48.5 Å². The lowest BCUT2D eigenvalue weighted by atomic mass is 9.98. The molecule has 0 heterocycles. The molecule has 1 atom stereocenters. The molecule has 4 aromatic rings. The highest BCUT2D eigenvalue weighted by Crippen LogP contribution is 2.44. The molecule has 0 bridgehead atoms.